The fourth-order valence-corrected chi connectivity index (χ4v) is 6.61. The minimum atomic E-state index is -5.87. The van der Waals surface area contributed by atoms with Gasteiger partial charge in [-0.1, -0.05) is 49.0 Å². The zero-order valence-corrected chi connectivity index (χ0v) is 20.7. The maximum absolute atomic E-state index is 14.1. The Hall–Kier alpha value is -1.87. The second kappa shape index (κ2) is 9.40. The van der Waals surface area contributed by atoms with Crippen LogP contribution in [0, 0.1) is 16.7 Å². The van der Waals surface area contributed by atoms with Crippen molar-refractivity contribution >= 4 is 0 Å². The molecule has 4 aliphatic carbocycles. The summed E-state index contributed by atoms with van der Waals surface area (Å²) in [5.74, 6) is 0.139. The Balaban J connectivity index is 1.53. The molecule has 37 heavy (non-hydrogen) atoms. The van der Waals surface area contributed by atoms with Crippen molar-refractivity contribution in [1.29, 1.82) is 0 Å². The predicted octanol–water partition coefficient (Wildman–Crippen LogP) is 7.61. The van der Waals surface area contributed by atoms with Crippen molar-refractivity contribution in [2.45, 2.75) is 94.9 Å². The third-order valence-electron chi connectivity index (χ3n) is 8.93. The molecule has 0 radical (unpaired) electrons. The molecule has 3 saturated carbocycles. The monoisotopic (exact) mass is 534 g/mol. The molecule has 9 heteroatoms. The molecule has 0 aromatic carbocycles. The smallest absolute Gasteiger partial charge is 0.393 e. The number of allylic oxidation sites excluding steroid dienone is 7. The molecule has 0 aromatic rings. The van der Waals surface area contributed by atoms with Gasteiger partial charge in [0, 0.05) is 6.42 Å². The highest BCUT2D eigenvalue weighted by atomic mass is 19.4. The van der Waals surface area contributed by atoms with Gasteiger partial charge < -0.3 is 10.2 Å². The maximum Gasteiger partial charge on any atom is 0.429 e. The van der Waals surface area contributed by atoms with E-state index in [0.29, 0.717) is 30.4 Å². The largest absolute Gasteiger partial charge is 0.429 e. The number of aliphatic hydroxyl groups excluding tert-OH is 1. The van der Waals surface area contributed by atoms with E-state index >= 15 is 0 Å². The van der Waals surface area contributed by atoms with E-state index in [1.165, 1.54) is 5.57 Å². The SMILES string of the molecule is C=C1C(=CC=C2CCC[C@]3(C)C(C4(CC=CC(O)(C(F)(F)F)C(F)(F)F)CC4)=CCC23)CC(O)C[C@@H]1F. The number of hydrogen-bond acceptors (Lipinski definition) is 2. The Kier molecular flexibility index (Phi) is 7.15. The first kappa shape index (κ1) is 28.1. The lowest BCUT2D eigenvalue weighted by atomic mass is 9.61. The van der Waals surface area contributed by atoms with E-state index < -0.39 is 35.6 Å². The molecular weight excluding hydrogens is 501 g/mol. The van der Waals surface area contributed by atoms with Crippen LogP contribution in [0.4, 0.5) is 30.7 Å². The number of rotatable bonds is 5. The van der Waals surface area contributed by atoms with Crippen molar-refractivity contribution in [3.8, 4) is 0 Å². The molecule has 0 bridgehead atoms. The number of alkyl halides is 7. The second-order valence-corrected chi connectivity index (χ2v) is 11.3. The molecule has 0 aliphatic heterocycles. The summed E-state index contributed by atoms with van der Waals surface area (Å²) in [5.41, 5.74) is -2.33. The molecule has 0 heterocycles. The van der Waals surface area contributed by atoms with Gasteiger partial charge in [0.25, 0.3) is 5.60 Å². The number of fused-ring (bicyclic) bond motifs is 1. The first-order chi connectivity index (χ1) is 17.0. The van der Waals surface area contributed by atoms with Crippen LogP contribution >= 0.6 is 0 Å². The average molecular weight is 535 g/mol. The summed E-state index contributed by atoms with van der Waals surface area (Å²) in [6.45, 7) is 5.94. The first-order valence-electron chi connectivity index (χ1n) is 12.7. The van der Waals surface area contributed by atoms with Gasteiger partial charge >= 0.3 is 12.4 Å². The number of aliphatic hydroxyl groups is 2. The molecule has 206 valence electrons. The van der Waals surface area contributed by atoms with Crippen LogP contribution in [0.3, 0.4) is 0 Å². The zero-order chi connectivity index (χ0) is 27.4. The van der Waals surface area contributed by atoms with Crippen molar-refractivity contribution in [2.24, 2.45) is 16.7 Å². The van der Waals surface area contributed by atoms with Crippen LogP contribution in [-0.4, -0.2) is 40.4 Å². The van der Waals surface area contributed by atoms with E-state index in [-0.39, 0.29) is 30.3 Å². The number of hydrogen-bond donors (Lipinski definition) is 2. The molecule has 3 fully saturated rings. The highest BCUT2D eigenvalue weighted by Gasteiger charge is 2.69. The molecule has 0 amide bonds. The van der Waals surface area contributed by atoms with Crippen molar-refractivity contribution < 1.29 is 40.9 Å². The quantitative estimate of drug-likeness (QED) is 0.282. The van der Waals surface area contributed by atoms with Crippen LogP contribution in [0.2, 0.25) is 0 Å². The Labute approximate surface area is 212 Å². The summed E-state index contributed by atoms with van der Waals surface area (Å²) in [6, 6.07) is 0. The predicted molar refractivity (Wildman–Crippen MR) is 126 cm³/mol. The third kappa shape index (κ3) is 4.98. The highest BCUT2D eigenvalue weighted by Crippen LogP contribution is 2.67. The summed E-state index contributed by atoms with van der Waals surface area (Å²) in [6.07, 6.45) is -2.17. The lowest BCUT2D eigenvalue weighted by Crippen LogP contribution is -2.55. The Morgan fingerprint density at radius 2 is 1.73 bits per heavy atom. The molecule has 4 aliphatic rings. The molecule has 0 aromatic heterocycles. The summed E-state index contributed by atoms with van der Waals surface area (Å²) < 4.78 is 92.5. The summed E-state index contributed by atoms with van der Waals surface area (Å²) in [4.78, 5) is 0. The number of halogens is 7. The van der Waals surface area contributed by atoms with E-state index in [2.05, 4.69) is 19.6 Å². The Morgan fingerprint density at radius 3 is 2.32 bits per heavy atom. The summed E-state index contributed by atoms with van der Waals surface area (Å²) in [7, 11) is 0. The van der Waals surface area contributed by atoms with Crippen LogP contribution in [-0.2, 0) is 0 Å². The second-order valence-electron chi connectivity index (χ2n) is 11.3. The Morgan fingerprint density at radius 1 is 1.08 bits per heavy atom. The fraction of sp³-hybridized carbons (Fsp3) is 0.643. The standard InChI is InChI=1S/C28H33F7O2/c1-17-19(15-20(36)16-22(17)29)7-6-18-5-3-10-24(2)21(18)8-9-23(24)25(13-14-25)11-4-12-26(37,27(30,31)32)28(33,34)35/h4,6-7,9,12,20-22,36-37H,1,3,5,8,10-11,13-16H2,2H3/t20?,21?,22-,24-/m0/s1. The zero-order valence-electron chi connectivity index (χ0n) is 20.7. The summed E-state index contributed by atoms with van der Waals surface area (Å²) in [5, 5.41) is 19.4. The van der Waals surface area contributed by atoms with Crippen molar-refractivity contribution in [1.82, 2.24) is 0 Å². The van der Waals surface area contributed by atoms with Gasteiger partial charge in [-0.25, -0.2) is 4.39 Å². The normalized spacial score (nSPS) is 34.8. The summed E-state index contributed by atoms with van der Waals surface area (Å²) >= 11 is 0. The van der Waals surface area contributed by atoms with Crippen LogP contribution in [0.25, 0.3) is 0 Å². The van der Waals surface area contributed by atoms with Crippen LogP contribution in [0.5, 0.6) is 0 Å². The lowest BCUT2D eigenvalue weighted by Gasteiger charge is -2.43. The minimum Gasteiger partial charge on any atom is -0.393 e. The molecule has 0 spiro atoms. The van der Waals surface area contributed by atoms with Crippen molar-refractivity contribution in [2.75, 3.05) is 0 Å². The molecular formula is C28H33F7O2. The lowest BCUT2D eigenvalue weighted by molar-refractivity contribution is -0.347. The highest BCUT2D eigenvalue weighted by molar-refractivity contribution is 5.42. The van der Waals surface area contributed by atoms with Gasteiger partial charge in [-0.15, -0.1) is 0 Å². The van der Waals surface area contributed by atoms with E-state index in [4.69, 9.17) is 0 Å². The van der Waals surface area contributed by atoms with Crippen molar-refractivity contribution in [3.05, 3.63) is 59.3 Å². The van der Waals surface area contributed by atoms with Gasteiger partial charge in [0.15, 0.2) is 0 Å². The van der Waals surface area contributed by atoms with Gasteiger partial charge in [0.1, 0.15) is 6.17 Å². The first-order valence-corrected chi connectivity index (χ1v) is 12.7. The molecule has 4 rings (SSSR count). The van der Waals surface area contributed by atoms with Crippen molar-refractivity contribution in [3.63, 3.8) is 0 Å². The van der Waals surface area contributed by atoms with Gasteiger partial charge in [0.2, 0.25) is 0 Å². The third-order valence-corrected chi connectivity index (χ3v) is 8.93. The Bertz CT molecular complexity index is 1030. The molecule has 2 N–H and O–H groups in total. The molecule has 2 nitrogen and oxygen atoms in total. The van der Waals surface area contributed by atoms with Crippen LogP contribution in [0.15, 0.2) is 59.3 Å². The molecule has 0 saturated heterocycles. The fourth-order valence-electron chi connectivity index (χ4n) is 6.61. The molecule has 4 atom stereocenters. The van der Waals surface area contributed by atoms with E-state index in [1.807, 2.05) is 12.2 Å². The topological polar surface area (TPSA) is 40.5 Å². The average Bonchev–Trinajstić information content (AvgIpc) is 3.46. The van der Waals surface area contributed by atoms with Crippen LogP contribution in [0.1, 0.15) is 64.7 Å². The van der Waals surface area contributed by atoms with E-state index in [9.17, 15) is 40.9 Å². The van der Waals surface area contributed by atoms with Gasteiger partial charge in [-0.2, -0.15) is 26.3 Å². The van der Waals surface area contributed by atoms with Gasteiger partial charge in [0.05, 0.1) is 6.10 Å². The van der Waals surface area contributed by atoms with E-state index in [0.717, 1.165) is 37.3 Å². The van der Waals surface area contributed by atoms with Gasteiger partial charge in [-0.05, 0) is 85.3 Å². The van der Waals surface area contributed by atoms with Crippen LogP contribution < -0.4 is 0 Å². The van der Waals surface area contributed by atoms with Gasteiger partial charge in [-0.3, -0.25) is 0 Å². The van der Waals surface area contributed by atoms with E-state index in [1.54, 1.807) is 0 Å². The molecule has 2 unspecified atom stereocenters. The minimum absolute atomic E-state index is 0.00564. The maximum atomic E-state index is 14.1.